The number of piperidine rings is 1. The predicted molar refractivity (Wildman–Crippen MR) is 123 cm³/mol. The van der Waals surface area contributed by atoms with Crippen LogP contribution in [0.15, 0.2) is 54.6 Å². The number of likely N-dealkylation sites (tertiary alicyclic amines) is 1. The molecule has 31 heavy (non-hydrogen) atoms. The van der Waals surface area contributed by atoms with E-state index in [1.165, 1.54) is 0 Å². The molecular weight excluding hydrogens is 408 g/mol. The largest absolute Gasteiger partial charge is 0.388 e. The molecule has 0 bridgehead atoms. The average Bonchev–Trinajstić information content (AvgIpc) is 3.18. The van der Waals surface area contributed by atoms with E-state index in [1.54, 1.807) is 0 Å². The van der Waals surface area contributed by atoms with Crippen LogP contribution < -0.4 is 0 Å². The maximum absolute atomic E-state index is 12.8. The van der Waals surface area contributed by atoms with Gasteiger partial charge in [0.15, 0.2) is 10.6 Å². The van der Waals surface area contributed by atoms with E-state index in [1.807, 2.05) is 64.9 Å². The van der Waals surface area contributed by atoms with Gasteiger partial charge in [-0.1, -0.05) is 54.1 Å². The number of nitrogens with one attached hydrogen (secondary N) is 1. The topological polar surface area (TPSA) is 74.2 Å². The van der Waals surface area contributed by atoms with Crippen LogP contribution in [0, 0.1) is 17.6 Å². The SMILES string of the molecule is Cc1cccc(-c2n[nH]c(=S)n2CCC(=O)N2CCC([C@@H](O)c3ccccc3)CC2)c1. The lowest BCUT2D eigenvalue weighted by Gasteiger charge is -2.34. The number of hydrogen-bond donors (Lipinski definition) is 2. The number of nitrogens with zero attached hydrogens (tertiary/aromatic N) is 3. The number of aliphatic hydroxyl groups excluding tert-OH is 1. The molecule has 7 heteroatoms. The Labute approximate surface area is 187 Å². The Kier molecular flexibility index (Phi) is 6.63. The van der Waals surface area contributed by atoms with Crippen LogP contribution in [0.4, 0.5) is 0 Å². The van der Waals surface area contributed by atoms with E-state index >= 15 is 0 Å². The summed E-state index contributed by atoms with van der Waals surface area (Å²) in [5, 5.41) is 17.9. The van der Waals surface area contributed by atoms with Gasteiger partial charge >= 0.3 is 0 Å². The van der Waals surface area contributed by atoms with Gasteiger partial charge in [0.1, 0.15) is 0 Å². The second kappa shape index (κ2) is 9.58. The van der Waals surface area contributed by atoms with Crippen molar-refractivity contribution in [2.24, 2.45) is 5.92 Å². The molecule has 0 radical (unpaired) electrons. The maximum atomic E-state index is 12.8. The molecule has 2 N–H and O–H groups in total. The molecule has 0 aliphatic carbocycles. The van der Waals surface area contributed by atoms with Crippen LogP contribution in [0.1, 0.15) is 36.5 Å². The van der Waals surface area contributed by atoms with Crippen molar-refractivity contribution in [3.05, 3.63) is 70.5 Å². The number of hydrogen-bond acceptors (Lipinski definition) is 4. The van der Waals surface area contributed by atoms with Crippen LogP contribution in [-0.4, -0.2) is 43.8 Å². The van der Waals surface area contributed by atoms with E-state index in [0.29, 0.717) is 30.8 Å². The number of amides is 1. The fourth-order valence-electron chi connectivity index (χ4n) is 4.28. The minimum atomic E-state index is -0.473. The maximum Gasteiger partial charge on any atom is 0.224 e. The number of H-pyrrole nitrogens is 1. The van der Waals surface area contributed by atoms with Crippen molar-refractivity contribution in [1.29, 1.82) is 0 Å². The van der Waals surface area contributed by atoms with Crippen LogP contribution in [0.25, 0.3) is 11.4 Å². The zero-order valence-electron chi connectivity index (χ0n) is 17.7. The van der Waals surface area contributed by atoms with Gasteiger partial charge in [0.2, 0.25) is 5.91 Å². The van der Waals surface area contributed by atoms with Crippen LogP contribution in [0.3, 0.4) is 0 Å². The predicted octanol–water partition coefficient (Wildman–Crippen LogP) is 4.28. The monoisotopic (exact) mass is 436 g/mol. The number of aliphatic hydroxyl groups is 1. The number of benzene rings is 2. The lowest BCUT2D eigenvalue weighted by Crippen LogP contribution is -2.40. The van der Waals surface area contributed by atoms with Gasteiger partial charge in [0.25, 0.3) is 0 Å². The Bertz CT molecular complexity index is 1080. The summed E-state index contributed by atoms with van der Waals surface area (Å²) in [4.78, 5) is 14.7. The van der Waals surface area contributed by atoms with E-state index in [0.717, 1.165) is 35.4 Å². The van der Waals surface area contributed by atoms with Gasteiger partial charge < -0.3 is 10.0 Å². The van der Waals surface area contributed by atoms with Gasteiger partial charge in [-0.2, -0.15) is 5.10 Å². The van der Waals surface area contributed by atoms with Crippen molar-refractivity contribution in [1.82, 2.24) is 19.7 Å². The molecule has 3 aromatic rings. The highest BCUT2D eigenvalue weighted by atomic mass is 32.1. The van der Waals surface area contributed by atoms with E-state index in [-0.39, 0.29) is 11.8 Å². The van der Waals surface area contributed by atoms with Crippen LogP contribution in [0.5, 0.6) is 0 Å². The summed E-state index contributed by atoms with van der Waals surface area (Å²) in [7, 11) is 0. The minimum Gasteiger partial charge on any atom is -0.388 e. The highest BCUT2D eigenvalue weighted by Gasteiger charge is 2.28. The van der Waals surface area contributed by atoms with Gasteiger partial charge in [-0.15, -0.1) is 0 Å². The van der Waals surface area contributed by atoms with Crippen LogP contribution in [0.2, 0.25) is 0 Å². The standard InChI is InChI=1S/C24H28N4O2S/c1-17-6-5-9-20(16-17)23-25-26-24(31)28(23)15-12-21(29)27-13-10-19(11-14-27)22(30)18-7-3-2-4-8-18/h2-9,16,19,22,30H,10-15H2,1H3,(H,26,31)/t22-/m0/s1. The molecule has 6 nitrogen and oxygen atoms in total. The third-order valence-electron chi connectivity index (χ3n) is 6.06. The van der Waals surface area contributed by atoms with Crippen LogP contribution >= 0.6 is 12.2 Å². The van der Waals surface area contributed by atoms with E-state index in [2.05, 4.69) is 16.3 Å². The van der Waals surface area contributed by atoms with E-state index in [9.17, 15) is 9.90 Å². The van der Waals surface area contributed by atoms with Crippen molar-refractivity contribution in [3.63, 3.8) is 0 Å². The van der Waals surface area contributed by atoms with Crippen molar-refractivity contribution in [2.45, 2.75) is 38.8 Å². The van der Waals surface area contributed by atoms with Crippen molar-refractivity contribution >= 4 is 18.1 Å². The third kappa shape index (κ3) is 4.94. The minimum absolute atomic E-state index is 0.117. The van der Waals surface area contributed by atoms with Gasteiger partial charge in [0.05, 0.1) is 6.10 Å². The number of rotatable bonds is 6. The van der Waals surface area contributed by atoms with Gasteiger partial charge in [-0.25, -0.2) is 0 Å². The molecule has 1 atom stereocenters. The summed E-state index contributed by atoms with van der Waals surface area (Å²) < 4.78 is 2.42. The Morgan fingerprint density at radius 2 is 1.94 bits per heavy atom. The zero-order valence-corrected chi connectivity index (χ0v) is 18.5. The van der Waals surface area contributed by atoms with Crippen LogP contribution in [-0.2, 0) is 11.3 Å². The molecule has 0 spiro atoms. The van der Waals surface area contributed by atoms with Gasteiger partial charge in [-0.05, 0) is 49.5 Å². The van der Waals surface area contributed by atoms with Crippen molar-refractivity contribution in [2.75, 3.05) is 13.1 Å². The fraction of sp³-hybridized carbons (Fsp3) is 0.375. The Balaban J connectivity index is 1.35. The number of aromatic amines is 1. The fourth-order valence-corrected chi connectivity index (χ4v) is 4.51. The summed E-state index contributed by atoms with van der Waals surface area (Å²) in [6.07, 6.45) is 1.52. The second-order valence-electron chi connectivity index (χ2n) is 8.20. The molecule has 162 valence electrons. The molecule has 1 fully saturated rings. The number of aryl methyl sites for hydroxylation is 1. The first kappa shape index (κ1) is 21.5. The molecular formula is C24H28N4O2S. The van der Waals surface area contributed by atoms with Gasteiger partial charge in [0, 0.05) is 31.6 Å². The molecule has 4 rings (SSSR count). The zero-order chi connectivity index (χ0) is 21.8. The molecule has 0 unspecified atom stereocenters. The highest BCUT2D eigenvalue weighted by Crippen LogP contribution is 2.30. The van der Waals surface area contributed by atoms with E-state index < -0.39 is 6.10 Å². The quantitative estimate of drug-likeness (QED) is 0.566. The number of carbonyl (C=O) groups excluding carboxylic acids is 1. The average molecular weight is 437 g/mol. The van der Waals surface area contributed by atoms with Crippen molar-refractivity contribution < 1.29 is 9.90 Å². The lowest BCUT2D eigenvalue weighted by atomic mass is 9.87. The highest BCUT2D eigenvalue weighted by molar-refractivity contribution is 7.71. The number of carbonyl (C=O) groups is 1. The van der Waals surface area contributed by atoms with Crippen molar-refractivity contribution in [3.8, 4) is 11.4 Å². The molecule has 1 aromatic heterocycles. The molecule has 1 aliphatic rings. The lowest BCUT2D eigenvalue weighted by molar-refractivity contribution is -0.133. The Morgan fingerprint density at radius 3 is 2.65 bits per heavy atom. The third-order valence-corrected chi connectivity index (χ3v) is 6.38. The molecule has 2 heterocycles. The summed E-state index contributed by atoms with van der Waals surface area (Å²) in [6.45, 7) is 3.88. The Morgan fingerprint density at radius 1 is 1.19 bits per heavy atom. The molecule has 2 aromatic carbocycles. The smallest absolute Gasteiger partial charge is 0.224 e. The molecule has 1 saturated heterocycles. The van der Waals surface area contributed by atoms with Gasteiger partial charge in [-0.3, -0.25) is 14.5 Å². The molecule has 1 aliphatic heterocycles. The normalized spacial score (nSPS) is 15.7. The first-order valence-corrected chi connectivity index (χ1v) is 11.2. The summed E-state index contributed by atoms with van der Waals surface area (Å²) in [5.74, 6) is 1.05. The molecule has 0 saturated carbocycles. The molecule has 1 amide bonds. The first-order valence-electron chi connectivity index (χ1n) is 10.8. The number of aromatic nitrogens is 3. The second-order valence-corrected chi connectivity index (χ2v) is 8.58. The first-order chi connectivity index (χ1) is 15.0. The Hall–Kier alpha value is -2.77. The summed E-state index contributed by atoms with van der Waals surface area (Å²) >= 11 is 5.40. The summed E-state index contributed by atoms with van der Waals surface area (Å²) in [5.41, 5.74) is 3.08. The summed E-state index contributed by atoms with van der Waals surface area (Å²) in [6, 6.07) is 17.9. The van der Waals surface area contributed by atoms with E-state index in [4.69, 9.17) is 12.2 Å².